The highest BCUT2D eigenvalue weighted by Crippen LogP contribution is 2.17. The smallest absolute Gasteiger partial charge is 0.330 e. The number of esters is 1. The summed E-state index contributed by atoms with van der Waals surface area (Å²) in [5.41, 5.74) is 7.93. The Hall–Kier alpha value is -4.73. The second-order valence-corrected chi connectivity index (χ2v) is 8.47. The number of benzene rings is 1. The van der Waals surface area contributed by atoms with Crippen LogP contribution >= 0.6 is 0 Å². The Balaban J connectivity index is 1.78. The van der Waals surface area contributed by atoms with Crippen LogP contribution in [0.25, 0.3) is 11.3 Å². The molecule has 0 saturated carbocycles. The summed E-state index contributed by atoms with van der Waals surface area (Å²) in [6.07, 6.45) is 6.37. The van der Waals surface area contributed by atoms with E-state index in [1.54, 1.807) is 37.5 Å². The van der Waals surface area contributed by atoms with Crippen LogP contribution < -0.4 is 16.4 Å². The Kier molecular flexibility index (Phi) is 10.3. The summed E-state index contributed by atoms with van der Waals surface area (Å²) in [5, 5.41) is 5.60. The molecule has 0 bridgehead atoms. The molecule has 0 aliphatic carbocycles. The number of hydrogen-bond donors (Lipinski definition) is 4. The average Bonchev–Trinajstić information content (AvgIpc) is 3.41. The summed E-state index contributed by atoms with van der Waals surface area (Å²) < 4.78 is 4.89. The third kappa shape index (κ3) is 8.74. The van der Waals surface area contributed by atoms with E-state index in [-0.39, 0.29) is 31.6 Å². The molecule has 10 nitrogen and oxygen atoms in total. The highest BCUT2D eigenvalue weighted by Gasteiger charge is 2.24. The van der Waals surface area contributed by atoms with Crippen LogP contribution in [0.15, 0.2) is 79.1 Å². The number of aromatic amines is 1. The first-order valence-corrected chi connectivity index (χ1v) is 12.2. The lowest BCUT2D eigenvalue weighted by molar-refractivity contribution is -0.137. The minimum atomic E-state index is -0.942. The fourth-order valence-electron chi connectivity index (χ4n) is 3.70. The third-order valence-corrected chi connectivity index (χ3v) is 5.59. The van der Waals surface area contributed by atoms with Crippen molar-refractivity contribution in [2.24, 2.45) is 5.73 Å². The van der Waals surface area contributed by atoms with Gasteiger partial charge in [-0.15, -0.1) is 0 Å². The summed E-state index contributed by atoms with van der Waals surface area (Å²) >= 11 is 0. The molecule has 2 atom stereocenters. The first-order chi connectivity index (χ1) is 18.4. The number of nitrogens with one attached hydrogen (secondary N) is 3. The zero-order chi connectivity index (χ0) is 27.3. The van der Waals surface area contributed by atoms with Gasteiger partial charge in [-0.2, -0.15) is 0 Å². The number of ether oxygens (including phenoxy) is 1. The van der Waals surface area contributed by atoms with Crippen molar-refractivity contribution in [3.05, 3.63) is 90.4 Å². The molecule has 0 aliphatic heterocycles. The van der Waals surface area contributed by atoms with E-state index in [2.05, 4.69) is 20.6 Å². The van der Waals surface area contributed by atoms with E-state index >= 15 is 0 Å². The number of H-pyrrole nitrogens is 1. The summed E-state index contributed by atoms with van der Waals surface area (Å²) in [6.45, 7) is 1.88. The molecule has 2 aromatic heterocycles. The number of primary amides is 1. The van der Waals surface area contributed by atoms with Gasteiger partial charge in [-0.1, -0.05) is 36.4 Å². The van der Waals surface area contributed by atoms with E-state index in [0.29, 0.717) is 5.69 Å². The van der Waals surface area contributed by atoms with E-state index in [1.807, 2.05) is 36.4 Å². The molecule has 0 radical (unpaired) electrons. The standard InChI is InChI=1S/C28H31N5O5/c1-2-38-26(35)15-11-21(10-14-25(29)34)31-28(37)24(17-19-7-4-3-5-8-19)33-27(36)23-13-12-22(32-23)20-9-6-16-30-18-20/h3-9,11-13,15-16,18,21,24,32H,2,10,14,17H2,1H3,(H2,29,34)(H,31,37)(H,33,36)/b15-11+/t21-,24-/m1/s1. The second-order valence-electron chi connectivity index (χ2n) is 8.47. The van der Waals surface area contributed by atoms with Gasteiger partial charge in [0.2, 0.25) is 11.8 Å². The lowest BCUT2D eigenvalue weighted by Gasteiger charge is -2.22. The predicted octanol–water partition coefficient (Wildman–Crippen LogP) is 2.29. The van der Waals surface area contributed by atoms with Crippen molar-refractivity contribution in [2.45, 2.75) is 38.3 Å². The zero-order valence-corrected chi connectivity index (χ0v) is 21.1. The van der Waals surface area contributed by atoms with E-state index in [1.165, 1.54) is 12.2 Å². The molecule has 5 N–H and O–H groups in total. The van der Waals surface area contributed by atoms with Gasteiger partial charge in [0.25, 0.3) is 5.91 Å². The monoisotopic (exact) mass is 517 g/mol. The van der Waals surface area contributed by atoms with Crippen LogP contribution in [0.3, 0.4) is 0 Å². The lowest BCUT2D eigenvalue weighted by atomic mass is 10.0. The number of nitrogens with zero attached hydrogens (tertiary/aromatic N) is 1. The third-order valence-electron chi connectivity index (χ3n) is 5.59. The number of aromatic nitrogens is 2. The van der Waals surface area contributed by atoms with Gasteiger partial charge in [0.15, 0.2) is 0 Å². The van der Waals surface area contributed by atoms with Crippen molar-refractivity contribution < 1.29 is 23.9 Å². The van der Waals surface area contributed by atoms with Gasteiger partial charge in [-0.25, -0.2) is 4.79 Å². The van der Waals surface area contributed by atoms with Gasteiger partial charge in [0.05, 0.1) is 6.61 Å². The summed E-state index contributed by atoms with van der Waals surface area (Å²) in [7, 11) is 0. The molecule has 10 heteroatoms. The minimum absolute atomic E-state index is 0.00653. The van der Waals surface area contributed by atoms with Crippen LogP contribution in [0.2, 0.25) is 0 Å². The van der Waals surface area contributed by atoms with Crippen LogP contribution in [0, 0.1) is 0 Å². The Morgan fingerprint density at radius 1 is 1.05 bits per heavy atom. The normalized spacial score (nSPS) is 12.4. The zero-order valence-electron chi connectivity index (χ0n) is 21.1. The Morgan fingerprint density at radius 3 is 2.53 bits per heavy atom. The van der Waals surface area contributed by atoms with Crippen LogP contribution in [-0.4, -0.2) is 52.3 Å². The van der Waals surface area contributed by atoms with Crippen LogP contribution in [-0.2, 0) is 25.5 Å². The summed E-state index contributed by atoms with van der Waals surface area (Å²) in [6, 6.07) is 14.7. The molecular formula is C28H31N5O5. The Morgan fingerprint density at radius 2 is 1.84 bits per heavy atom. The van der Waals surface area contributed by atoms with Crippen molar-refractivity contribution in [3.8, 4) is 11.3 Å². The number of hydrogen-bond acceptors (Lipinski definition) is 6. The van der Waals surface area contributed by atoms with Gasteiger partial charge < -0.3 is 26.1 Å². The van der Waals surface area contributed by atoms with Gasteiger partial charge in [-0.3, -0.25) is 19.4 Å². The Labute approximate surface area is 220 Å². The SMILES string of the molecule is CCOC(=O)/C=C/[C@@H](CCC(N)=O)NC(=O)[C@@H](Cc1ccccc1)NC(=O)c1ccc(-c2cccnc2)[nH]1. The molecule has 198 valence electrons. The molecule has 3 aromatic rings. The largest absolute Gasteiger partial charge is 0.463 e. The van der Waals surface area contributed by atoms with Crippen molar-refractivity contribution in [2.75, 3.05) is 6.61 Å². The van der Waals surface area contributed by atoms with Crippen LogP contribution in [0.4, 0.5) is 0 Å². The van der Waals surface area contributed by atoms with Gasteiger partial charge in [0, 0.05) is 48.6 Å². The van der Waals surface area contributed by atoms with Crippen LogP contribution in [0.1, 0.15) is 35.8 Å². The molecule has 0 unspecified atom stereocenters. The molecule has 3 amide bonds. The molecule has 38 heavy (non-hydrogen) atoms. The van der Waals surface area contributed by atoms with Crippen molar-refractivity contribution in [3.63, 3.8) is 0 Å². The quantitative estimate of drug-likeness (QED) is 0.201. The van der Waals surface area contributed by atoms with E-state index in [0.717, 1.165) is 11.1 Å². The van der Waals surface area contributed by atoms with E-state index < -0.39 is 35.8 Å². The average molecular weight is 518 g/mol. The highest BCUT2D eigenvalue weighted by atomic mass is 16.5. The molecule has 1 aromatic carbocycles. The number of amides is 3. The van der Waals surface area contributed by atoms with Crippen molar-refractivity contribution >= 4 is 23.7 Å². The maximum Gasteiger partial charge on any atom is 0.330 e. The number of nitrogens with two attached hydrogens (primary N) is 1. The fraction of sp³-hybridized carbons (Fsp3) is 0.250. The van der Waals surface area contributed by atoms with E-state index in [4.69, 9.17) is 10.5 Å². The fourth-order valence-corrected chi connectivity index (χ4v) is 3.70. The highest BCUT2D eigenvalue weighted by molar-refractivity contribution is 5.97. The molecule has 0 saturated heterocycles. The van der Waals surface area contributed by atoms with Gasteiger partial charge in [-0.05, 0) is 43.2 Å². The number of carbonyl (C=O) groups excluding carboxylic acids is 4. The predicted molar refractivity (Wildman–Crippen MR) is 142 cm³/mol. The number of carbonyl (C=O) groups is 4. The molecule has 3 rings (SSSR count). The molecule has 0 fully saturated rings. The van der Waals surface area contributed by atoms with E-state index in [9.17, 15) is 19.2 Å². The van der Waals surface area contributed by atoms with Gasteiger partial charge >= 0.3 is 5.97 Å². The first-order valence-electron chi connectivity index (χ1n) is 12.2. The molecule has 0 aliphatic rings. The molecular weight excluding hydrogens is 486 g/mol. The summed E-state index contributed by atoms with van der Waals surface area (Å²) in [5.74, 6) is -2.06. The van der Waals surface area contributed by atoms with Crippen LogP contribution in [0.5, 0.6) is 0 Å². The first kappa shape index (κ1) is 27.9. The Bertz CT molecular complexity index is 1260. The summed E-state index contributed by atoms with van der Waals surface area (Å²) in [4.78, 5) is 56.7. The maximum atomic E-state index is 13.4. The second kappa shape index (κ2) is 14.1. The minimum Gasteiger partial charge on any atom is -0.463 e. The maximum absolute atomic E-state index is 13.4. The van der Waals surface area contributed by atoms with Crippen molar-refractivity contribution in [1.82, 2.24) is 20.6 Å². The topological polar surface area (TPSA) is 156 Å². The number of rotatable bonds is 13. The van der Waals surface area contributed by atoms with Crippen molar-refractivity contribution in [1.29, 1.82) is 0 Å². The number of pyridine rings is 1. The lowest BCUT2D eigenvalue weighted by Crippen LogP contribution is -2.50. The van der Waals surface area contributed by atoms with Gasteiger partial charge in [0.1, 0.15) is 11.7 Å². The molecule has 2 heterocycles. The molecule has 0 spiro atoms.